The maximum Gasteiger partial charge on any atom is 0.416 e. The molecule has 176 valence electrons. The van der Waals surface area contributed by atoms with Crippen LogP contribution in [0.2, 0.25) is 0 Å². The molecular formula is C26H19F3N4O2. The van der Waals surface area contributed by atoms with Crippen molar-refractivity contribution in [3.63, 3.8) is 0 Å². The molecule has 2 bridgehead atoms. The van der Waals surface area contributed by atoms with E-state index in [1.54, 1.807) is 0 Å². The van der Waals surface area contributed by atoms with Crippen LogP contribution < -0.4 is 0 Å². The van der Waals surface area contributed by atoms with Crippen molar-refractivity contribution in [3.05, 3.63) is 71.3 Å². The molecule has 0 amide bonds. The number of ether oxygens (including phenoxy) is 2. The van der Waals surface area contributed by atoms with Gasteiger partial charge in [0, 0.05) is 6.42 Å². The van der Waals surface area contributed by atoms with Gasteiger partial charge in [-0.3, -0.25) is 5.41 Å². The van der Waals surface area contributed by atoms with Crippen LogP contribution >= 0.6 is 0 Å². The molecule has 1 N–H and O–H groups in total. The molecular weight excluding hydrogens is 457 g/mol. The Morgan fingerprint density at radius 1 is 0.943 bits per heavy atom. The fourth-order valence-electron chi connectivity index (χ4n) is 6.05. The van der Waals surface area contributed by atoms with Crippen molar-refractivity contribution >= 4 is 5.90 Å². The second-order valence-corrected chi connectivity index (χ2v) is 9.25. The average molecular weight is 476 g/mol. The molecule has 0 aromatic heterocycles. The van der Waals surface area contributed by atoms with Crippen LogP contribution in [-0.2, 0) is 15.7 Å². The van der Waals surface area contributed by atoms with Crippen molar-refractivity contribution in [3.8, 4) is 18.2 Å². The molecule has 2 heterocycles. The fourth-order valence-corrected chi connectivity index (χ4v) is 6.05. The Kier molecular flexibility index (Phi) is 4.95. The minimum absolute atomic E-state index is 0.0275. The Bertz CT molecular complexity index is 1310. The van der Waals surface area contributed by atoms with Crippen molar-refractivity contribution in [1.82, 2.24) is 0 Å². The third kappa shape index (κ3) is 2.93. The highest BCUT2D eigenvalue weighted by Crippen LogP contribution is 2.70. The SMILES string of the molecule is N#CC1(C#N)C(c2cccc(C(F)(F)F)c2)OC23CCC(c4ccccc4)CC2C1(C#N)C(=N)O3. The Morgan fingerprint density at radius 3 is 2.26 bits per heavy atom. The molecule has 0 radical (unpaired) electrons. The lowest BCUT2D eigenvalue weighted by Gasteiger charge is -2.52. The fraction of sp³-hybridized carbons (Fsp3) is 0.385. The summed E-state index contributed by atoms with van der Waals surface area (Å²) in [4.78, 5) is 0. The summed E-state index contributed by atoms with van der Waals surface area (Å²) in [6.45, 7) is 0. The molecule has 3 fully saturated rings. The summed E-state index contributed by atoms with van der Waals surface area (Å²) in [6, 6.07) is 19.6. The quantitative estimate of drug-likeness (QED) is 0.605. The monoisotopic (exact) mass is 476 g/mol. The molecule has 35 heavy (non-hydrogen) atoms. The number of hydrogen-bond donors (Lipinski definition) is 1. The lowest BCUT2D eigenvalue weighted by atomic mass is 9.50. The largest absolute Gasteiger partial charge is 0.447 e. The van der Waals surface area contributed by atoms with Crippen molar-refractivity contribution in [1.29, 1.82) is 21.2 Å². The molecule has 0 spiro atoms. The molecule has 2 aromatic carbocycles. The number of halogens is 3. The molecule has 9 heteroatoms. The number of alkyl halides is 3. The summed E-state index contributed by atoms with van der Waals surface area (Å²) >= 11 is 0. The lowest BCUT2D eigenvalue weighted by Crippen LogP contribution is -2.60. The van der Waals surface area contributed by atoms with Crippen LogP contribution in [0.15, 0.2) is 54.6 Å². The number of nitrogens with one attached hydrogen (secondary N) is 1. The number of rotatable bonds is 2. The minimum atomic E-state index is -4.66. The van der Waals surface area contributed by atoms with E-state index in [-0.39, 0.29) is 17.9 Å². The molecule has 3 aliphatic rings. The topological polar surface area (TPSA) is 114 Å². The zero-order valence-corrected chi connectivity index (χ0v) is 18.3. The predicted octanol–water partition coefficient (Wildman–Crippen LogP) is 5.61. The van der Waals surface area contributed by atoms with E-state index in [4.69, 9.17) is 14.9 Å². The van der Waals surface area contributed by atoms with E-state index in [1.165, 1.54) is 12.1 Å². The van der Waals surface area contributed by atoms with Gasteiger partial charge in [-0.25, -0.2) is 0 Å². The van der Waals surface area contributed by atoms with Crippen LogP contribution in [0.4, 0.5) is 13.2 Å². The second-order valence-electron chi connectivity index (χ2n) is 9.25. The van der Waals surface area contributed by atoms with E-state index >= 15 is 0 Å². The Labute approximate surface area is 199 Å². The molecule has 5 unspecified atom stereocenters. The maximum atomic E-state index is 13.5. The Morgan fingerprint density at radius 2 is 1.63 bits per heavy atom. The second kappa shape index (κ2) is 7.57. The number of benzene rings is 2. The van der Waals surface area contributed by atoms with E-state index in [1.807, 2.05) is 42.5 Å². The standard InChI is InChI=1S/C26H19F3N4O2/c27-26(28,29)19-8-4-7-18(11-19)21-23(13-30,14-31)24(15-32)20-12-17(16-5-2-1-3-6-16)9-10-25(20,34-21)35-22(24)33/h1-8,11,17,20-21,33H,9-10,12H2. The van der Waals surface area contributed by atoms with Crippen molar-refractivity contribution < 1.29 is 22.6 Å². The van der Waals surface area contributed by atoms with Gasteiger partial charge in [0.15, 0.2) is 5.41 Å². The van der Waals surface area contributed by atoms with Gasteiger partial charge in [-0.1, -0.05) is 42.5 Å². The normalized spacial score (nSPS) is 32.9. The van der Waals surface area contributed by atoms with E-state index < -0.39 is 46.3 Å². The molecule has 5 atom stereocenters. The number of nitriles is 3. The molecule has 1 aliphatic carbocycles. The highest BCUT2D eigenvalue weighted by Gasteiger charge is 2.81. The van der Waals surface area contributed by atoms with Gasteiger partial charge in [-0.05, 0) is 42.0 Å². The molecule has 2 aliphatic heterocycles. The highest BCUT2D eigenvalue weighted by molar-refractivity contribution is 5.89. The molecule has 5 rings (SSSR count). The van der Waals surface area contributed by atoms with E-state index in [9.17, 15) is 29.0 Å². The first-order chi connectivity index (χ1) is 16.7. The smallest absolute Gasteiger partial charge is 0.416 e. The van der Waals surface area contributed by atoms with Gasteiger partial charge in [-0.15, -0.1) is 0 Å². The van der Waals surface area contributed by atoms with Crippen LogP contribution in [-0.4, -0.2) is 11.7 Å². The first kappa shape index (κ1) is 22.9. The van der Waals surface area contributed by atoms with Crippen LogP contribution in [0.1, 0.15) is 48.0 Å². The molecule has 1 saturated carbocycles. The summed E-state index contributed by atoms with van der Waals surface area (Å²) < 4.78 is 52.5. The first-order valence-electron chi connectivity index (χ1n) is 11.1. The van der Waals surface area contributed by atoms with E-state index in [0.29, 0.717) is 12.8 Å². The van der Waals surface area contributed by atoms with Gasteiger partial charge >= 0.3 is 6.18 Å². The Hall–Kier alpha value is -3.87. The van der Waals surface area contributed by atoms with Crippen LogP contribution in [0.5, 0.6) is 0 Å². The molecule has 2 saturated heterocycles. The van der Waals surface area contributed by atoms with Crippen LogP contribution in [0.3, 0.4) is 0 Å². The highest BCUT2D eigenvalue weighted by atomic mass is 19.4. The van der Waals surface area contributed by atoms with Gasteiger partial charge < -0.3 is 9.47 Å². The van der Waals surface area contributed by atoms with Gasteiger partial charge in [-0.2, -0.15) is 29.0 Å². The van der Waals surface area contributed by atoms with Gasteiger partial charge in [0.25, 0.3) is 0 Å². The van der Waals surface area contributed by atoms with Crippen molar-refractivity contribution in [2.45, 2.75) is 43.2 Å². The molecule has 6 nitrogen and oxygen atoms in total. The summed E-state index contributed by atoms with van der Waals surface area (Å²) in [5, 5.41) is 39.8. The zero-order chi connectivity index (χ0) is 25.1. The summed E-state index contributed by atoms with van der Waals surface area (Å²) in [7, 11) is 0. The van der Waals surface area contributed by atoms with Crippen LogP contribution in [0.25, 0.3) is 0 Å². The predicted molar refractivity (Wildman–Crippen MR) is 115 cm³/mol. The van der Waals surface area contributed by atoms with Crippen molar-refractivity contribution in [2.24, 2.45) is 16.7 Å². The zero-order valence-electron chi connectivity index (χ0n) is 18.3. The minimum Gasteiger partial charge on any atom is -0.447 e. The number of hydrogen-bond acceptors (Lipinski definition) is 6. The van der Waals surface area contributed by atoms with Gasteiger partial charge in [0.05, 0.1) is 29.7 Å². The summed E-state index contributed by atoms with van der Waals surface area (Å²) in [5.41, 5.74) is -4.33. The summed E-state index contributed by atoms with van der Waals surface area (Å²) in [5.74, 6) is -2.89. The third-order valence-electron chi connectivity index (χ3n) is 7.70. The summed E-state index contributed by atoms with van der Waals surface area (Å²) in [6.07, 6.45) is -5.02. The first-order valence-corrected chi connectivity index (χ1v) is 11.1. The van der Waals surface area contributed by atoms with E-state index in [2.05, 4.69) is 6.07 Å². The lowest BCUT2D eigenvalue weighted by molar-refractivity contribution is -0.296. The van der Waals surface area contributed by atoms with Gasteiger partial charge in [0.2, 0.25) is 17.1 Å². The van der Waals surface area contributed by atoms with Crippen LogP contribution in [0, 0.1) is 56.2 Å². The van der Waals surface area contributed by atoms with E-state index in [0.717, 1.165) is 17.7 Å². The third-order valence-corrected chi connectivity index (χ3v) is 7.70. The average Bonchev–Trinajstić information content (AvgIpc) is 3.07. The van der Waals surface area contributed by atoms with Crippen molar-refractivity contribution in [2.75, 3.05) is 0 Å². The Balaban J connectivity index is 1.68. The molecule has 2 aromatic rings. The van der Waals surface area contributed by atoms with Gasteiger partial charge in [0.1, 0.15) is 6.10 Å². The maximum absolute atomic E-state index is 13.5. The number of nitrogens with zero attached hydrogens (tertiary/aromatic N) is 3.